The Kier molecular flexibility index (Phi) is 3.14. The van der Waals surface area contributed by atoms with Gasteiger partial charge in [-0.15, -0.1) is 0 Å². The van der Waals surface area contributed by atoms with Crippen LogP contribution in [-0.2, 0) is 0 Å². The van der Waals surface area contributed by atoms with Crippen molar-refractivity contribution in [3.05, 3.63) is 58.5 Å². The molecular weight excluding hydrogens is 275 g/mol. The number of fused-ring (bicyclic) bond motifs is 1. The lowest BCUT2D eigenvalue weighted by Crippen LogP contribution is -1.93. The van der Waals surface area contributed by atoms with E-state index >= 15 is 0 Å². The van der Waals surface area contributed by atoms with Crippen LogP contribution in [0.4, 0.5) is 4.39 Å². The highest BCUT2D eigenvalue weighted by molar-refractivity contribution is 6.34. The molecule has 3 aromatic rings. The van der Waals surface area contributed by atoms with E-state index in [1.807, 2.05) is 26.0 Å². The number of rotatable bonds is 1. The van der Waals surface area contributed by atoms with Crippen molar-refractivity contribution in [2.75, 3.05) is 0 Å². The summed E-state index contributed by atoms with van der Waals surface area (Å²) in [5.41, 5.74) is 3.65. The number of hydrogen-bond donors (Lipinski definition) is 0. The van der Waals surface area contributed by atoms with Gasteiger partial charge in [0.15, 0.2) is 5.82 Å². The summed E-state index contributed by atoms with van der Waals surface area (Å²) < 4.78 is 13.3. The van der Waals surface area contributed by atoms with Crippen LogP contribution in [0.2, 0.25) is 5.15 Å². The SMILES string of the molecule is Cc1cc(C)cc(-c2nc(Cl)c3ccc(F)cc3n2)c1. The smallest absolute Gasteiger partial charge is 0.161 e. The van der Waals surface area contributed by atoms with Gasteiger partial charge in [0.1, 0.15) is 11.0 Å². The number of aryl methyl sites for hydroxylation is 2. The minimum Gasteiger partial charge on any atom is -0.228 e. The zero-order valence-electron chi connectivity index (χ0n) is 11.1. The second kappa shape index (κ2) is 4.84. The van der Waals surface area contributed by atoms with Gasteiger partial charge in [-0.3, -0.25) is 0 Å². The van der Waals surface area contributed by atoms with Crippen LogP contribution in [0, 0.1) is 19.7 Å². The Morgan fingerprint density at radius 3 is 2.35 bits per heavy atom. The molecule has 4 heteroatoms. The number of halogens is 2. The van der Waals surface area contributed by atoms with Crippen LogP contribution < -0.4 is 0 Å². The Hall–Kier alpha value is -2.00. The molecule has 3 rings (SSSR count). The van der Waals surface area contributed by atoms with Crippen LogP contribution in [0.5, 0.6) is 0 Å². The molecule has 0 aliphatic rings. The standard InChI is InChI=1S/C16H12ClFN2/c1-9-5-10(2)7-11(6-9)16-19-14-8-12(18)3-4-13(14)15(17)20-16/h3-8H,1-2H3. The first kappa shape index (κ1) is 13.0. The van der Waals surface area contributed by atoms with Gasteiger partial charge < -0.3 is 0 Å². The van der Waals surface area contributed by atoms with Crippen molar-refractivity contribution in [3.8, 4) is 11.4 Å². The molecule has 20 heavy (non-hydrogen) atoms. The van der Waals surface area contributed by atoms with Crippen LogP contribution in [0.25, 0.3) is 22.3 Å². The minimum atomic E-state index is -0.335. The summed E-state index contributed by atoms with van der Waals surface area (Å²) in [7, 11) is 0. The van der Waals surface area contributed by atoms with E-state index in [-0.39, 0.29) is 5.82 Å². The lowest BCUT2D eigenvalue weighted by atomic mass is 10.1. The molecule has 1 heterocycles. The van der Waals surface area contributed by atoms with Crippen molar-refractivity contribution < 1.29 is 4.39 Å². The van der Waals surface area contributed by atoms with Gasteiger partial charge in [-0.05, 0) is 38.1 Å². The molecular formula is C16H12ClFN2. The lowest BCUT2D eigenvalue weighted by molar-refractivity contribution is 0.629. The predicted octanol–water partition coefficient (Wildman–Crippen LogP) is 4.71. The maximum atomic E-state index is 13.3. The Balaban J connectivity index is 2.26. The van der Waals surface area contributed by atoms with Crippen LogP contribution in [0.1, 0.15) is 11.1 Å². The van der Waals surface area contributed by atoms with Crippen molar-refractivity contribution in [1.82, 2.24) is 9.97 Å². The maximum Gasteiger partial charge on any atom is 0.161 e. The van der Waals surface area contributed by atoms with E-state index in [1.165, 1.54) is 12.1 Å². The second-order valence-electron chi connectivity index (χ2n) is 4.88. The predicted molar refractivity (Wildman–Crippen MR) is 79.4 cm³/mol. The molecule has 2 aromatic carbocycles. The van der Waals surface area contributed by atoms with Gasteiger partial charge in [-0.1, -0.05) is 28.8 Å². The van der Waals surface area contributed by atoms with Crippen LogP contribution in [0.15, 0.2) is 36.4 Å². The number of nitrogens with zero attached hydrogens (tertiary/aromatic N) is 2. The molecule has 0 saturated carbocycles. The van der Waals surface area contributed by atoms with Gasteiger partial charge in [0.25, 0.3) is 0 Å². The van der Waals surface area contributed by atoms with Gasteiger partial charge in [0, 0.05) is 17.0 Å². The molecule has 0 unspecified atom stereocenters. The van der Waals surface area contributed by atoms with Gasteiger partial charge in [-0.2, -0.15) is 0 Å². The highest BCUT2D eigenvalue weighted by Crippen LogP contribution is 2.26. The molecule has 0 aliphatic carbocycles. The van der Waals surface area contributed by atoms with Gasteiger partial charge in [0.2, 0.25) is 0 Å². The molecule has 0 fully saturated rings. The Labute approximate surface area is 121 Å². The average molecular weight is 287 g/mol. The summed E-state index contributed by atoms with van der Waals surface area (Å²) in [4.78, 5) is 8.73. The fourth-order valence-corrected chi connectivity index (χ4v) is 2.54. The van der Waals surface area contributed by atoms with E-state index < -0.39 is 0 Å². The highest BCUT2D eigenvalue weighted by Gasteiger charge is 2.09. The average Bonchev–Trinajstić information content (AvgIpc) is 2.36. The van der Waals surface area contributed by atoms with E-state index in [4.69, 9.17) is 11.6 Å². The lowest BCUT2D eigenvalue weighted by Gasteiger charge is -2.07. The Morgan fingerprint density at radius 2 is 1.65 bits per heavy atom. The summed E-state index contributed by atoms with van der Waals surface area (Å²) in [6.45, 7) is 4.03. The molecule has 0 atom stereocenters. The third-order valence-corrected chi connectivity index (χ3v) is 3.38. The van der Waals surface area contributed by atoms with E-state index in [1.54, 1.807) is 6.07 Å². The first-order chi connectivity index (χ1) is 9.52. The van der Waals surface area contributed by atoms with Crippen molar-refractivity contribution in [3.63, 3.8) is 0 Å². The fourth-order valence-electron chi connectivity index (χ4n) is 2.30. The zero-order valence-corrected chi connectivity index (χ0v) is 11.9. The number of benzene rings is 2. The molecule has 100 valence electrons. The molecule has 2 nitrogen and oxygen atoms in total. The third kappa shape index (κ3) is 2.37. The quantitative estimate of drug-likeness (QED) is 0.606. The third-order valence-electron chi connectivity index (χ3n) is 3.09. The van der Waals surface area contributed by atoms with Crippen LogP contribution in [-0.4, -0.2) is 9.97 Å². The van der Waals surface area contributed by atoms with E-state index in [9.17, 15) is 4.39 Å². The van der Waals surface area contributed by atoms with Crippen molar-refractivity contribution in [2.24, 2.45) is 0 Å². The minimum absolute atomic E-state index is 0.335. The number of aromatic nitrogens is 2. The number of hydrogen-bond acceptors (Lipinski definition) is 2. The highest BCUT2D eigenvalue weighted by atomic mass is 35.5. The van der Waals surface area contributed by atoms with E-state index in [0.29, 0.717) is 21.9 Å². The molecule has 0 radical (unpaired) electrons. The Bertz CT molecular complexity index is 795. The molecule has 0 bridgehead atoms. The maximum absolute atomic E-state index is 13.3. The van der Waals surface area contributed by atoms with E-state index in [0.717, 1.165) is 16.7 Å². The molecule has 1 aromatic heterocycles. The van der Waals surface area contributed by atoms with Crippen molar-refractivity contribution in [1.29, 1.82) is 0 Å². The summed E-state index contributed by atoms with van der Waals surface area (Å²) in [5.74, 6) is 0.179. The summed E-state index contributed by atoms with van der Waals surface area (Å²) in [5, 5.41) is 0.991. The second-order valence-corrected chi connectivity index (χ2v) is 5.23. The molecule has 0 aliphatic heterocycles. The molecule has 0 amide bonds. The first-order valence-corrected chi connectivity index (χ1v) is 6.62. The topological polar surface area (TPSA) is 25.8 Å². The van der Waals surface area contributed by atoms with Crippen LogP contribution >= 0.6 is 11.6 Å². The van der Waals surface area contributed by atoms with Crippen LogP contribution in [0.3, 0.4) is 0 Å². The van der Waals surface area contributed by atoms with Gasteiger partial charge in [0.05, 0.1) is 5.52 Å². The van der Waals surface area contributed by atoms with Gasteiger partial charge >= 0.3 is 0 Å². The Morgan fingerprint density at radius 1 is 0.950 bits per heavy atom. The molecule has 0 saturated heterocycles. The summed E-state index contributed by atoms with van der Waals surface area (Å²) >= 11 is 6.17. The van der Waals surface area contributed by atoms with Crippen molar-refractivity contribution in [2.45, 2.75) is 13.8 Å². The summed E-state index contributed by atoms with van der Waals surface area (Å²) in [6, 6.07) is 10.4. The largest absolute Gasteiger partial charge is 0.228 e. The molecule has 0 N–H and O–H groups in total. The fraction of sp³-hybridized carbons (Fsp3) is 0.125. The zero-order chi connectivity index (χ0) is 14.3. The monoisotopic (exact) mass is 286 g/mol. The van der Waals surface area contributed by atoms with E-state index in [2.05, 4.69) is 16.0 Å². The summed E-state index contributed by atoms with van der Waals surface area (Å²) in [6.07, 6.45) is 0. The first-order valence-electron chi connectivity index (χ1n) is 6.24. The molecule has 0 spiro atoms. The van der Waals surface area contributed by atoms with Crippen molar-refractivity contribution >= 4 is 22.5 Å². The normalized spacial score (nSPS) is 11.0. The van der Waals surface area contributed by atoms with Gasteiger partial charge in [-0.25, -0.2) is 14.4 Å².